The Labute approximate surface area is 91.2 Å². The van der Waals surface area contributed by atoms with Crippen LogP contribution in [0.1, 0.15) is 0 Å². The summed E-state index contributed by atoms with van der Waals surface area (Å²) in [5.74, 6) is 0. The molecule has 0 aliphatic heterocycles. The van der Waals surface area contributed by atoms with E-state index in [1.165, 1.54) is 4.80 Å². The molecule has 0 saturated heterocycles. The van der Waals surface area contributed by atoms with Crippen molar-refractivity contribution in [2.24, 2.45) is 7.05 Å². The van der Waals surface area contributed by atoms with Crippen LogP contribution in [-0.4, -0.2) is 15.4 Å². The first-order valence-electron chi connectivity index (χ1n) is 3.53. The number of hydrogen-bond donors (Lipinski definition) is 0. The lowest BCUT2D eigenvalue weighted by Crippen LogP contribution is -2.38. The van der Waals surface area contributed by atoms with Crippen LogP contribution in [0.2, 0.25) is 0 Å². The van der Waals surface area contributed by atoms with Crippen LogP contribution < -0.4 is 4.80 Å². The monoisotopic (exact) mass is 303 g/mol. The van der Waals surface area contributed by atoms with E-state index >= 15 is 0 Å². The van der Waals surface area contributed by atoms with Crippen molar-refractivity contribution in [2.45, 2.75) is 0 Å². The van der Waals surface area contributed by atoms with Crippen molar-refractivity contribution in [3.8, 4) is 0 Å². The molecule has 0 amide bonds. The number of benzene rings is 1. The molecule has 2 aromatic rings. The zero-order valence-electron chi connectivity index (χ0n) is 6.70. The minimum atomic E-state index is 0.765. The van der Waals surface area contributed by atoms with Crippen molar-refractivity contribution in [2.75, 3.05) is 0 Å². The number of hydrogen-bond acceptors (Lipinski definition) is 3. The van der Waals surface area contributed by atoms with E-state index in [2.05, 4.69) is 47.3 Å². The summed E-state index contributed by atoms with van der Waals surface area (Å²) in [6.45, 7) is 0. The van der Waals surface area contributed by atoms with Crippen LogP contribution in [0.25, 0.3) is 11.0 Å². The lowest BCUT2D eigenvalue weighted by Gasteiger charge is -1.93. The number of fused-ring (bicyclic) bond motifs is 1. The highest BCUT2D eigenvalue weighted by atomic mass is 79.9. The Bertz CT molecular complexity index is 466. The molecule has 2 rings (SSSR count). The highest BCUT2D eigenvalue weighted by molar-refractivity contribution is 9.11. The van der Waals surface area contributed by atoms with Gasteiger partial charge in [0.1, 0.15) is 7.05 Å². The molecule has 0 radical (unpaired) electrons. The first-order valence-corrected chi connectivity index (χ1v) is 5.11. The van der Waals surface area contributed by atoms with Crippen molar-refractivity contribution in [3.05, 3.63) is 21.1 Å². The smallest absolute Gasteiger partial charge is 0.0574 e. The van der Waals surface area contributed by atoms with Gasteiger partial charge in [0.2, 0.25) is 5.52 Å². The fourth-order valence-electron chi connectivity index (χ4n) is 1.01. The average Bonchev–Trinajstić information content (AvgIpc) is 2.02. The van der Waals surface area contributed by atoms with E-state index in [0.29, 0.717) is 0 Å². The van der Waals surface area contributed by atoms with Crippen molar-refractivity contribution >= 4 is 42.9 Å². The molecule has 13 heavy (non-hydrogen) atoms. The standard InChI is InChI=1S/C7H5Br2N4/c1-13-11-6-3-4(8)2-5(9)7(6)10-12-13/h2-3H,1H3/q+1. The van der Waals surface area contributed by atoms with E-state index in [9.17, 15) is 0 Å². The number of halogens is 2. The maximum atomic E-state index is 4.18. The topological polar surface area (TPSA) is 42.5 Å². The molecule has 0 N–H and O–H groups in total. The maximum absolute atomic E-state index is 4.18. The van der Waals surface area contributed by atoms with Crippen LogP contribution in [-0.2, 0) is 7.05 Å². The van der Waals surface area contributed by atoms with Crippen molar-refractivity contribution in [1.82, 2.24) is 15.4 Å². The van der Waals surface area contributed by atoms with Gasteiger partial charge in [-0.2, -0.15) is 0 Å². The predicted molar refractivity (Wildman–Crippen MR) is 53.9 cm³/mol. The zero-order valence-corrected chi connectivity index (χ0v) is 9.87. The van der Waals surface area contributed by atoms with Crippen molar-refractivity contribution in [1.29, 1.82) is 0 Å². The van der Waals surface area contributed by atoms with Gasteiger partial charge < -0.3 is 0 Å². The summed E-state index contributed by atoms with van der Waals surface area (Å²) in [6, 6.07) is 3.81. The number of rotatable bonds is 0. The minimum Gasteiger partial charge on any atom is -0.0574 e. The van der Waals surface area contributed by atoms with Crippen LogP contribution in [0.3, 0.4) is 0 Å². The molecular weight excluding hydrogens is 300 g/mol. The van der Waals surface area contributed by atoms with Crippen molar-refractivity contribution < 1.29 is 4.80 Å². The Morgan fingerprint density at radius 3 is 2.85 bits per heavy atom. The van der Waals surface area contributed by atoms with E-state index in [1.807, 2.05) is 12.1 Å². The summed E-state index contributed by atoms with van der Waals surface area (Å²) in [5.41, 5.74) is 1.57. The van der Waals surface area contributed by atoms with Gasteiger partial charge in [0, 0.05) is 4.47 Å². The SMILES string of the molecule is C[n+]1nnc2c(Br)cc(Br)cc2n1. The maximum Gasteiger partial charge on any atom is 0.247 e. The predicted octanol–water partition coefficient (Wildman–Crippen LogP) is 1.37. The van der Waals surface area contributed by atoms with E-state index in [1.54, 1.807) is 7.05 Å². The summed E-state index contributed by atoms with van der Waals surface area (Å²) >= 11 is 6.77. The Hall–Kier alpha value is -0.620. The van der Waals surface area contributed by atoms with Crippen LogP contribution in [0, 0.1) is 0 Å². The van der Waals surface area contributed by atoms with Gasteiger partial charge in [0.15, 0.2) is 10.7 Å². The van der Waals surface area contributed by atoms with Crippen LogP contribution >= 0.6 is 31.9 Å². The molecule has 66 valence electrons. The van der Waals surface area contributed by atoms with Crippen molar-refractivity contribution in [3.63, 3.8) is 0 Å². The lowest BCUT2D eigenvalue weighted by molar-refractivity contribution is -0.788. The molecule has 0 spiro atoms. The van der Waals surface area contributed by atoms with Gasteiger partial charge in [-0.25, -0.2) is 0 Å². The van der Waals surface area contributed by atoms with E-state index < -0.39 is 0 Å². The highest BCUT2D eigenvalue weighted by Gasteiger charge is 2.10. The molecule has 1 heterocycles. The number of aromatic nitrogens is 4. The van der Waals surface area contributed by atoms with Crippen LogP contribution in [0.4, 0.5) is 0 Å². The van der Waals surface area contributed by atoms with Gasteiger partial charge >= 0.3 is 0 Å². The molecule has 0 saturated carbocycles. The average molecular weight is 305 g/mol. The summed E-state index contributed by atoms with van der Waals surface area (Å²) in [6.07, 6.45) is 0. The Morgan fingerprint density at radius 2 is 2.08 bits per heavy atom. The highest BCUT2D eigenvalue weighted by Crippen LogP contribution is 2.24. The molecule has 4 nitrogen and oxygen atoms in total. The summed E-state index contributed by atoms with van der Waals surface area (Å²) in [7, 11) is 1.74. The fraction of sp³-hybridized carbons (Fsp3) is 0.143. The largest absolute Gasteiger partial charge is 0.247 e. The van der Waals surface area contributed by atoms with Gasteiger partial charge in [-0.05, 0) is 32.9 Å². The number of aryl methyl sites for hydroxylation is 1. The molecule has 0 bridgehead atoms. The molecule has 0 aliphatic carbocycles. The normalized spacial score (nSPS) is 10.7. The Kier molecular flexibility index (Phi) is 2.25. The molecule has 1 aromatic heterocycles. The molecule has 0 unspecified atom stereocenters. The zero-order chi connectivity index (χ0) is 9.42. The first kappa shape index (κ1) is 8.96. The third-order valence-electron chi connectivity index (χ3n) is 1.53. The second-order valence-electron chi connectivity index (χ2n) is 2.53. The molecule has 1 aromatic carbocycles. The second-order valence-corrected chi connectivity index (χ2v) is 4.30. The van der Waals surface area contributed by atoms with Crippen LogP contribution in [0.5, 0.6) is 0 Å². The third-order valence-corrected chi connectivity index (χ3v) is 2.60. The van der Waals surface area contributed by atoms with Gasteiger partial charge in [0.05, 0.1) is 9.57 Å². The van der Waals surface area contributed by atoms with Gasteiger partial charge in [0.25, 0.3) is 0 Å². The molecule has 0 atom stereocenters. The molecule has 0 fully saturated rings. The molecular formula is C7H5Br2N4+. The third kappa shape index (κ3) is 1.68. The Morgan fingerprint density at radius 1 is 1.31 bits per heavy atom. The van der Waals surface area contributed by atoms with Gasteiger partial charge in [-0.1, -0.05) is 21.0 Å². The van der Waals surface area contributed by atoms with Gasteiger partial charge in [-0.15, -0.1) is 0 Å². The second kappa shape index (κ2) is 3.26. The van der Waals surface area contributed by atoms with E-state index in [-0.39, 0.29) is 0 Å². The minimum absolute atomic E-state index is 0.765. The molecule has 6 heteroatoms. The summed E-state index contributed by atoms with van der Waals surface area (Å²) < 4.78 is 1.85. The molecule has 0 aliphatic rings. The number of nitrogens with zero attached hydrogens (tertiary/aromatic N) is 4. The van der Waals surface area contributed by atoms with E-state index in [0.717, 1.165) is 20.0 Å². The summed E-state index contributed by atoms with van der Waals surface area (Å²) in [5, 5.41) is 12.0. The van der Waals surface area contributed by atoms with Crippen LogP contribution in [0.15, 0.2) is 21.1 Å². The summed E-state index contributed by atoms with van der Waals surface area (Å²) in [4.78, 5) is 1.43. The van der Waals surface area contributed by atoms with Gasteiger partial charge in [-0.3, -0.25) is 0 Å². The van der Waals surface area contributed by atoms with E-state index in [4.69, 9.17) is 0 Å². The first-order chi connectivity index (χ1) is 6.16. The fourth-order valence-corrected chi connectivity index (χ4v) is 2.29. The Balaban J connectivity index is 2.86. The lowest BCUT2D eigenvalue weighted by atomic mass is 10.3. The quantitative estimate of drug-likeness (QED) is 0.691.